The van der Waals surface area contributed by atoms with E-state index in [-0.39, 0.29) is 11.6 Å². The predicted molar refractivity (Wildman–Crippen MR) is 84.4 cm³/mol. The van der Waals surface area contributed by atoms with Crippen LogP contribution in [0.2, 0.25) is 0 Å². The summed E-state index contributed by atoms with van der Waals surface area (Å²) in [5.41, 5.74) is 4.03. The van der Waals surface area contributed by atoms with Crippen LogP contribution in [0.4, 0.5) is 0 Å². The van der Waals surface area contributed by atoms with Gasteiger partial charge in [0.2, 0.25) is 0 Å². The number of hydrogen-bond donors (Lipinski definition) is 2. The summed E-state index contributed by atoms with van der Waals surface area (Å²) in [5.74, 6) is 5.84. The van der Waals surface area contributed by atoms with E-state index in [0.717, 1.165) is 43.4 Å². The molecular formula is C14H23N5OS. The smallest absolute Gasteiger partial charge is 0.193 e. The monoisotopic (exact) mass is 309 g/mol. The van der Waals surface area contributed by atoms with E-state index < -0.39 is 0 Å². The molecule has 0 amide bonds. The Morgan fingerprint density at radius 1 is 1.48 bits per heavy atom. The molecule has 0 radical (unpaired) electrons. The molecule has 1 aliphatic rings. The van der Waals surface area contributed by atoms with E-state index >= 15 is 0 Å². The fourth-order valence-electron chi connectivity index (χ4n) is 2.96. The zero-order valence-electron chi connectivity index (χ0n) is 12.6. The molecular weight excluding hydrogens is 286 g/mol. The van der Waals surface area contributed by atoms with Crippen LogP contribution in [-0.2, 0) is 11.2 Å². The second-order valence-electron chi connectivity index (χ2n) is 6.00. The molecule has 0 saturated carbocycles. The van der Waals surface area contributed by atoms with E-state index in [1.165, 1.54) is 0 Å². The third kappa shape index (κ3) is 2.97. The maximum absolute atomic E-state index is 5.84. The zero-order valence-corrected chi connectivity index (χ0v) is 13.4. The number of nitrogens with one attached hydrogen (secondary N) is 1. The van der Waals surface area contributed by atoms with Crippen LogP contribution in [0.25, 0.3) is 4.96 Å². The average Bonchev–Trinajstić information content (AvgIpc) is 3.06. The molecule has 2 aromatic rings. The summed E-state index contributed by atoms with van der Waals surface area (Å²) in [4.78, 5) is 8.14. The van der Waals surface area contributed by atoms with Crippen molar-refractivity contribution >= 4 is 16.3 Å². The Morgan fingerprint density at radius 2 is 2.24 bits per heavy atom. The minimum atomic E-state index is -0.0461. The lowest BCUT2D eigenvalue weighted by molar-refractivity contribution is -0.0233. The zero-order chi connectivity index (χ0) is 14.9. The summed E-state index contributed by atoms with van der Waals surface area (Å²) in [5, 5.41) is 2.04. The molecule has 3 heterocycles. The summed E-state index contributed by atoms with van der Waals surface area (Å²) in [6.45, 7) is 7.96. The van der Waals surface area contributed by atoms with Crippen molar-refractivity contribution in [1.82, 2.24) is 19.7 Å². The minimum Gasteiger partial charge on any atom is -0.379 e. The number of thiazole rings is 1. The molecule has 1 fully saturated rings. The van der Waals surface area contributed by atoms with Gasteiger partial charge in [0.15, 0.2) is 4.96 Å². The van der Waals surface area contributed by atoms with Gasteiger partial charge in [0.05, 0.1) is 18.9 Å². The van der Waals surface area contributed by atoms with Crippen LogP contribution in [0.5, 0.6) is 0 Å². The van der Waals surface area contributed by atoms with Crippen molar-refractivity contribution in [1.29, 1.82) is 0 Å². The molecule has 0 aromatic carbocycles. The molecule has 2 aromatic heterocycles. The Balaban J connectivity index is 1.75. The van der Waals surface area contributed by atoms with Crippen LogP contribution in [0, 0.1) is 0 Å². The lowest BCUT2D eigenvalue weighted by atomic mass is 9.89. The van der Waals surface area contributed by atoms with E-state index in [1.54, 1.807) is 11.3 Å². The number of rotatable bonds is 5. The van der Waals surface area contributed by atoms with Crippen LogP contribution < -0.4 is 11.3 Å². The van der Waals surface area contributed by atoms with Gasteiger partial charge >= 0.3 is 0 Å². The van der Waals surface area contributed by atoms with Gasteiger partial charge in [0.25, 0.3) is 0 Å². The van der Waals surface area contributed by atoms with Gasteiger partial charge in [0, 0.05) is 48.9 Å². The molecule has 21 heavy (non-hydrogen) atoms. The average molecular weight is 309 g/mol. The van der Waals surface area contributed by atoms with Crippen LogP contribution in [0.1, 0.15) is 19.5 Å². The Hall–Kier alpha value is -0.990. The van der Waals surface area contributed by atoms with Gasteiger partial charge in [-0.15, -0.1) is 11.3 Å². The number of hydrazine groups is 1. The van der Waals surface area contributed by atoms with Crippen molar-refractivity contribution in [3.05, 3.63) is 23.5 Å². The summed E-state index contributed by atoms with van der Waals surface area (Å²) in [6, 6.07) is 0.139. The summed E-state index contributed by atoms with van der Waals surface area (Å²) < 4.78 is 7.51. The summed E-state index contributed by atoms with van der Waals surface area (Å²) in [6.07, 6.45) is 4.94. The number of aromatic nitrogens is 2. The molecule has 1 saturated heterocycles. The van der Waals surface area contributed by atoms with Gasteiger partial charge in [-0.05, 0) is 13.8 Å². The van der Waals surface area contributed by atoms with Gasteiger partial charge < -0.3 is 4.74 Å². The highest BCUT2D eigenvalue weighted by Gasteiger charge is 2.36. The Bertz CT molecular complexity index is 558. The quantitative estimate of drug-likeness (QED) is 0.634. The van der Waals surface area contributed by atoms with Crippen LogP contribution in [0.15, 0.2) is 17.8 Å². The summed E-state index contributed by atoms with van der Waals surface area (Å²) in [7, 11) is 0. The van der Waals surface area contributed by atoms with Gasteiger partial charge in [0.1, 0.15) is 0 Å². The molecule has 0 bridgehead atoms. The van der Waals surface area contributed by atoms with E-state index in [1.807, 2.05) is 11.6 Å². The number of hydrogen-bond acceptors (Lipinski definition) is 6. The van der Waals surface area contributed by atoms with Crippen molar-refractivity contribution in [3.8, 4) is 0 Å². The standard InChI is InChI=1S/C14H23N5OS/c1-14(2,19-3-6-20-7-4-19)12(17-15)9-11-10-18-5-8-21-13(18)16-11/h5,8,10,12,17H,3-4,6-7,9,15H2,1-2H3. The fourth-order valence-corrected chi connectivity index (χ4v) is 3.68. The lowest BCUT2D eigenvalue weighted by Crippen LogP contribution is -2.62. The molecule has 0 spiro atoms. The molecule has 1 unspecified atom stereocenters. The first-order chi connectivity index (χ1) is 10.1. The molecule has 116 valence electrons. The Kier molecular flexibility index (Phi) is 4.28. The number of morpholine rings is 1. The first kappa shape index (κ1) is 14.9. The van der Waals surface area contributed by atoms with Gasteiger partial charge in [-0.2, -0.15) is 0 Å². The Morgan fingerprint density at radius 3 is 2.90 bits per heavy atom. The second-order valence-corrected chi connectivity index (χ2v) is 6.87. The van der Waals surface area contributed by atoms with E-state index in [9.17, 15) is 0 Å². The maximum Gasteiger partial charge on any atom is 0.193 e. The molecule has 3 N–H and O–H groups in total. The van der Waals surface area contributed by atoms with Crippen LogP contribution >= 0.6 is 11.3 Å². The van der Waals surface area contributed by atoms with Crippen molar-refractivity contribution in [2.45, 2.75) is 31.8 Å². The minimum absolute atomic E-state index is 0.0461. The molecule has 1 atom stereocenters. The summed E-state index contributed by atoms with van der Waals surface area (Å²) >= 11 is 1.65. The predicted octanol–water partition coefficient (Wildman–Crippen LogP) is 0.881. The van der Waals surface area contributed by atoms with E-state index in [2.05, 4.69) is 39.8 Å². The van der Waals surface area contributed by atoms with Crippen molar-refractivity contribution in [2.24, 2.45) is 5.84 Å². The number of ether oxygens (including phenoxy) is 1. The highest BCUT2D eigenvalue weighted by atomic mass is 32.1. The third-order valence-corrected chi connectivity index (χ3v) is 5.21. The van der Waals surface area contributed by atoms with Gasteiger partial charge in [-0.25, -0.2) is 4.98 Å². The van der Waals surface area contributed by atoms with Gasteiger partial charge in [-0.3, -0.25) is 20.6 Å². The van der Waals surface area contributed by atoms with E-state index in [0.29, 0.717) is 0 Å². The second kappa shape index (κ2) is 6.02. The highest BCUT2D eigenvalue weighted by Crippen LogP contribution is 2.23. The van der Waals surface area contributed by atoms with Crippen LogP contribution in [-0.4, -0.2) is 52.2 Å². The fraction of sp³-hybridized carbons (Fsp3) is 0.643. The normalized spacial score (nSPS) is 19.2. The Labute approximate surface area is 128 Å². The van der Waals surface area contributed by atoms with Crippen molar-refractivity contribution < 1.29 is 4.74 Å². The number of nitrogens with zero attached hydrogens (tertiary/aromatic N) is 3. The van der Waals surface area contributed by atoms with Crippen LogP contribution in [0.3, 0.4) is 0 Å². The lowest BCUT2D eigenvalue weighted by Gasteiger charge is -2.45. The highest BCUT2D eigenvalue weighted by molar-refractivity contribution is 7.15. The topological polar surface area (TPSA) is 67.8 Å². The molecule has 0 aliphatic carbocycles. The number of imidazole rings is 1. The first-order valence-electron chi connectivity index (χ1n) is 7.31. The SMILES string of the molecule is CC(C)(C(Cc1cn2ccsc2n1)NN)N1CCOCC1. The third-order valence-electron chi connectivity index (χ3n) is 4.44. The van der Waals surface area contributed by atoms with Crippen molar-refractivity contribution in [2.75, 3.05) is 26.3 Å². The first-order valence-corrected chi connectivity index (χ1v) is 8.19. The van der Waals surface area contributed by atoms with E-state index in [4.69, 9.17) is 10.6 Å². The maximum atomic E-state index is 5.84. The molecule has 7 heteroatoms. The van der Waals surface area contributed by atoms with Gasteiger partial charge in [-0.1, -0.05) is 0 Å². The molecule has 1 aliphatic heterocycles. The number of fused-ring (bicyclic) bond motifs is 1. The number of nitrogens with two attached hydrogens (primary N) is 1. The largest absolute Gasteiger partial charge is 0.379 e. The molecule has 6 nitrogen and oxygen atoms in total. The van der Waals surface area contributed by atoms with Crippen molar-refractivity contribution in [3.63, 3.8) is 0 Å². The molecule has 3 rings (SSSR count).